The van der Waals surface area contributed by atoms with Crippen molar-refractivity contribution < 1.29 is 22.7 Å². The zero-order valence-corrected chi connectivity index (χ0v) is 17.6. The predicted octanol–water partition coefficient (Wildman–Crippen LogP) is 6.46. The molecule has 0 saturated heterocycles. The summed E-state index contributed by atoms with van der Waals surface area (Å²) >= 11 is 0. The van der Waals surface area contributed by atoms with Gasteiger partial charge in [0.2, 0.25) is 0 Å². The predicted molar refractivity (Wildman–Crippen MR) is 120 cm³/mol. The van der Waals surface area contributed by atoms with E-state index in [1.807, 2.05) is 42.5 Å². The first-order chi connectivity index (χ1) is 15.8. The average molecular weight is 448 g/mol. The van der Waals surface area contributed by atoms with E-state index in [0.717, 1.165) is 23.4 Å². The molecule has 166 valence electrons. The quantitative estimate of drug-likeness (QED) is 0.251. The van der Waals surface area contributed by atoms with Gasteiger partial charge < -0.3 is 4.74 Å². The van der Waals surface area contributed by atoms with E-state index in [2.05, 4.69) is 5.10 Å². The molecule has 0 aliphatic rings. The highest BCUT2D eigenvalue weighted by molar-refractivity contribution is 6.07. The number of allylic oxidation sites excluding steroid dienone is 1. The minimum absolute atomic E-state index is 0.0393. The Morgan fingerprint density at radius 2 is 1.70 bits per heavy atom. The lowest BCUT2D eigenvalue weighted by Crippen LogP contribution is -2.06. The molecule has 33 heavy (non-hydrogen) atoms. The molecule has 0 aliphatic carbocycles. The van der Waals surface area contributed by atoms with Crippen LogP contribution in [0.5, 0.6) is 5.75 Å². The monoisotopic (exact) mass is 448 g/mol. The van der Waals surface area contributed by atoms with Gasteiger partial charge in [0.25, 0.3) is 0 Å². The van der Waals surface area contributed by atoms with Crippen LogP contribution in [0.3, 0.4) is 0 Å². The van der Waals surface area contributed by atoms with E-state index >= 15 is 0 Å². The highest BCUT2D eigenvalue weighted by Crippen LogP contribution is 2.30. The molecule has 0 fully saturated rings. The molecule has 0 N–H and O–H groups in total. The van der Waals surface area contributed by atoms with Crippen LogP contribution < -0.4 is 4.74 Å². The van der Waals surface area contributed by atoms with Crippen LogP contribution in [0, 0.1) is 0 Å². The number of ether oxygens (including phenoxy) is 1. The normalized spacial score (nSPS) is 11.6. The van der Waals surface area contributed by atoms with E-state index in [-0.39, 0.29) is 5.56 Å². The third-order valence-electron chi connectivity index (χ3n) is 5.02. The van der Waals surface area contributed by atoms with Crippen molar-refractivity contribution in [2.45, 2.75) is 6.18 Å². The van der Waals surface area contributed by atoms with Gasteiger partial charge in [-0.05, 0) is 60.7 Å². The first-order valence-electron chi connectivity index (χ1n) is 10.0. The fraction of sp³-hybridized carbons (Fsp3) is 0.0769. The minimum atomic E-state index is -4.52. The fourth-order valence-electron chi connectivity index (χ4n) is 3.31. The van der Waals surface area contributed by atoms with Gasteiger partial charge in [0.05, 0.1) is 24.1 Å². The smallest absolute Gasteiger partial charge is 0.416 e. The molecule has 1 aromatic heterocycles. The Balaban J connectivity index is 1.70. The number of benzene rings is 3. The summed E-state index contributed by atoms with van der Waals surface area (Å²) in [5.41, 5.74) is 1.99. The molecule has 4 rings (SSSR count). The second-order valence-corrected chi connectivity index (χ2v) is 7.22. The van der Waals surface area contributed by atoms with Gasteiger partial charge in [-0.3, -0.25) is 4.79 Å². The maximum Gasteiger partial charge on any atom is 0.416 e. The van der Waals surface area contributed by atoms with Gasteiger partial charge in [-0.2, -0.15) is 18.3 Å². The number of carbonyl (C=O) groups excluding carboxylic acids is 1. The molecule has 4 nitrogen and oxygen atoms in total. The van der Waals surface area contributed by atoms with Gasteiger partial charge in [0, 0.05) is 22.9 Å². The molecule has 0 spiro atoms. The topological polar surface area (TPSA) is 44.1 Å². The number of carbonyl (C=O) groups is 1. The maximum atomic E-state index is 13.0. The van der Waals surface area contributed by atoms with Crippen LogP contribution in [0.1, 0.15) is 21.5 Å². The van der Waals surface area contributed by atoms with E-state index in [1.54, 1.807) is 36.2 Å². The summed E-state index contributed by atoms with van der Waals surface area (Å²) in [4.78, 5) is 12.6. The van der Waals surface area contributed by atoms with Crippen LogP contribution in [0.4, 0.5) is 13.2 Å². The van der Waals surface area contributed by atoms with E-state index in [1.165, 1.54) is 18.2 Å². The molecule has 0 aliphatic heterocycles. The Hall–Kier alpha value is -4.13. The molecule has 3 aromatic carbocycles. The molecule has 0 unspecified atom stereocenters. The average Bonchev–Trinajstić information content (AvgIpc) is 3.27. The standard InChI is InChI=1S/C26H19F3N2O2/c1-33-23-13-10-18(11-14-23)25-20(17-31(30-25)22-8-3-2-4-9-22)12-15-24(32)19-6-5-7-21(16-19)26(27,28)29/h2-17H,1H3. The van der Waals surface area contributed by atoms with Crippen LogP contribution in [0.25, 0.3) is 23.0 Å². The zero-order chi connectivity index (χ0) is 23.4. The molecule has 1 heterocycles. The lowest BCUT2D eigenvalue weighted by molar-refractivity contribution is -0.137. The van der Waals surface area contributed by atoms with Gasteiger partial charge >= 0.3 is 6.18 Å². The number of ketones is 1. The van der Waals surface area contributed by atoms with Crippen LogP contribution in [0.2, 0.25) is 0 Å². The van der Waals surface area contributed by atoms with Crippen molar-refractivity contribution in [1.82, 2.24) is 9.78 Å². The van der Waals surface area contributed by atoms with Crippen LogP contribution in [0.15, 0.2) is 91.1 Å². The number of halogens is 3. The van der Waals surface area contributed by atoms with Crippen molar-refractivity contribution in [3.63, 3.8) is 0 Å². The third-order valence-corrected chi connectivity index (χ3v) is 5.02. The minimum Gasteiger partial charge on any atom is -0.497 e. The van der Waals surface area contributed by atoms with Crippen molar-refractivity contribution >= 4 is 11.9 Å². The van der Waals surface area contributed by atoms with Gasteiger partial charge in [0.15, 0.2) is 5.78 Å². The van der Waals surface area contributed by atoms with Crippen molar-refractivity contribution in [1.29, 1.82) is 0 Å². The summed E-state index contributed by atoms with van der Waals surface area (Å²) in [6.07, 6.45) is 0.0760. The molecule has 0 saturated carbocycles. The number of methoxy groups -OCH3 is 1. The highest BCUT2D eigenvalue weighted by atomic mass is 19.4. The number of hydrogen-bond acceptors (Lipinski definition) is 3. The highest BCUT2D eigenvalue weighted by Gasteiger charge is 2.30. The summed E-state index contributed by atoms with van der Waals surface area (Å²) in [5.74, 6) is 0.160. The first-order valence-corrected chi connectivity index (χ1v) is 10.0. The fourth-order valence-corrected chi connectivity index (χ4v) is 3.31. The van der Waals surface area contributed by atoms with E-state index in [0.29, 0.717) is 17.0 Å². The summed E-state index contributed by atoms with van der Waals surface area (Å²) in [6, 6.07) is 21.1. The zero-order valence-electron chi connectivity index (χ0n) is 17.6. The molecule has 0 radical (unpaired) electrons. The van der Waals surface area contributed by atoms with Crippen molar-refractivity contribution in [3.05, 3.63) is 108 Å². The summed E-state index contributed by atoms with van der Waals surface area (Å²) in [5, 5.41) is 4.67. The Morgan fingerprint density at radius 3 is 2.36 bits per heavy atom. The SMILES string of the molecule is COc1ccc(-c2nn(-c3ccccc3)cc2C=CC(=O)c2cccc(C(F)(F)F)c2)cc1. The molecule has 0 atom stereocenters. The molecule has 7 heteroatoms. The van der Waals surface area contributed by atoms with Crippen molar-refractivity contribution in [3.8, 4) is 22.7 Å². The number of aromatic nitrogens is 2. The Kier molecular flexibility index (Phi) is 6.13. The number of rotatable bonds is 6. The third kappa shape index (κ3) is 5.03. The lowest BCUT2D eigenvalue weighted by Gasteiger charge is -2.07. The number of nitrogens with zero attached hydrogens (tertiary/aromatic N) is 2. The van der Waals surface area contributed by atoms with Gasteiger partial charge in [-0.15, -0.1) is 0 Å². The summed E-state index contributed by atoms with van der Waals surface area (Å²) in [6.45, 7) is 0. The number of alkyl halides is 3. The van der Waals surface area contributed by atoms with Gasteiger partial charge in [-0.25, -0.2) is 4.68 Å². The van der Waals surface area contributed by atoms with Crippen molar-refractivity contribution in [2.75, 3.05) is 7.11 Å². The summed E-state index contributed by atoms with van der Waals surface area (Å²) < 4.78 is 45.9. The number of para-hydroxylation sites is 1. The Morgan fingerprint density at radius 1 is 0.970 bits per heavy atom. The van der Waals surface area contributed by atoms with Crippen LogP contribution in [-0.2, 0) is 6.18 Å². The second kappa shape index (κ2) is 9.16. The maximum absolute atomic E-state index is 13.0. The van der Waals surface area contributed by atoms with E-state index < -0.39 is 17.5 Å². The van der Waals surface area contributed by atoms with Gasteiger partial charge in [-0.1, -0.05) is 30.3 Å². The largest absolute Gasteiger partial charge is 0.497 e. The number of hydrogen-bond donors (Lipinski definition) is 0. The Bertz CT molecular complexity index is 1290. The molecule has 4 aromatic rings. The van der Waals surface area contributed by atoms with Crippen LogP contribution >= 0.6 is 0 Å². The molecular formula is C26H19F3N2O2. The molecule has 0 amide bonds. The Labute approximate surface area is 188 Å². The van der Waals surface area contributed by atoms with E-state index in [4.69, 9.17) is 4.74 Å². The second-order valence-electron chi connectivity index (χ2n) is 7.22. The lowest BCUT2D eigenvalue weighted by atomic mass is 10.0. The molecular weight excluding hydrogens is 429 g/mol. The van der Waals surface area contributed by atoms with E-state index in [9.17, 15) is 18.0 Å². The van der Waals surface area contributed by atoms with Gasteiger partial charge in [0.1, 0.15) is 5.75 Å². The van der Waals surface area contributed by atoms with Crippen LogP contribution in [-0.4, -0.2) is 22.7 Å². The summed E-state index contributed by atoms with van der Waals surface area (Å²) in [7, 11) is 1.58. The van der Waals surface area contributed by atoms with Crippen molar-refractivity contribution in [2.24, 2.45) is 0 Å². The first kappa shape index (κ1) is 22.1. The molecule has 0 bridgehead atoms.